The summed E-state index contributed by atoms with van der Waals surface area (Å²) in [5.74, 6) is -1.93. The van der Waals surface area contributed by atoms with Crippen molar-refractivity contribution < 1.29 is 62.1 Å². The fraction of sp³-hybridized carbons (Fsp3) is 0.171. The molecule has 0 radical (unpaired) electrons. The van der Waals surface area contributed by atoms with Crippen LogP contribution in [0, 0.1) is 23.3 Å². The number of amides is 2. The molecule has 98 heavy (non-hydrogen) atoms. The predicted molar refractivity (Wildman–Crippen MR) is 372 cm³/mol. The Labute approximate surface area is 562 Å². The zero-order valence-corrected chi connectivity index (χ0v) is 56.3. The van der Waals surface area contributed by atoms with Gasteiger partial charge in [0.1, 0.15) is 74.8 Å². The Balaban J connectivity index is 0.000000142. The number of benzene rings is 6. The number of carbonyl (C=O) groups excluding carboxylic acids is 2. The molecule has 15 rings (SSSR count). The van der Waals surface area contributed by atoms with E-state index in [4.69, 9.17) is 34.7 Å². The average Bonchev–Trinajstić information content (AvgIpc) is 1.54. The number of aromatic nitrogens is 6. The van der Waals surface area contributed by atoms with Crippen LogP contribution in [0.4, 0.5) is 28.9 Å². The van der Waals surface area contributed by atoms with Crippen LogP contribution in [0.3, 0.4) is 0 Å². The van der Waals surface area contributed by atoms with Crippen LogP contribution in [0.1, 0.15) is 48.4 Å². The van der Waals surface area contributed by atoms with E-state index >= 15 is 0 Å². The van der Waals surface area contributed by atoms with Gasteiger partial charge in [-0.25, -0.2) is 54.3 Å². The maximum absolute atomic E-state index is 14.7. The summed E-state index contributed by atoms with van der Waals surface area (Å²) in [6, 6.07) is 37.5. The van der Waals surface area contributed by atoms with E-state index in [0.29, 0.717) is 82.4 Å². The van der Waals surface area contributed by atoms with Crippen LogP contribution in [0.25, 0.3) is 111 Å². The second kappa shape index (κ2) is 24.6. The molecule has 8 aromatic heterocycles. The molecule has 0 saturated carbocycles. The Kier molecular flexibility index (Phi) is 16.6. The minimum atomic E-state index is -3.75. The van der Waals surface area contributed by atoms with Crippen molar-refractivity contribution in [1.29, 1.82) is 0 Å². The standard InChI is InChI=1S/C32H23F2N5O4S.C24H28BFN2O6S.C14H7ClFN3/c1-35-32(40)29-21-13-20(26(38(2)44(3,41)42)15-28(21)43-31(29)17-7-9-18(33)10-8-17)23-11-12-24-30(37-23)27-14-19-22(34)5-4-6-25(19)39(27)16-36-24;1-23(2)24(3,4)34-25(33-23)17-12-16-19(13-18(17)28(6)35(7,30)31)32-21(20(16)22(29)27-5)14-8-10-15(26)11-9-14;15-13-4-2-10-14(18-13)12-6-8-5-9(16)1-3-11(8)19(12)7-17-10/h4-16H,1-3H3,(H,35,40);8-13H,1-7H3,(H,27,29);1-7H. The minimum Gasteiger partial charge on any atom is -0.455 e. The first-order valence-electron chi connectivity index (χ1n) is 30.2. The highest BCUT2D eigenvalue weighted by Gasteiger charge is 2.53. The number of nitrogens with one attached hydrogen (secondary N) is 2. The predicted octanol–water partition coefficient (Wildman–Crippen LogP) is 13.3. The monoisotopic (exact) mass is 1380 g/mol. The number of hydrogen-bond donors (Lipinski definition) is 2. The highest BCUT2D eigenvalue weighted by molar-refractivity contribution is 7.92. The van der Waals surface area contributed by atoms with E-state index in [1.165, 1.54) is 101 Å². The maximum Gasteiger partial charge on any atom is 0.497 e. The summed E-state index contributed by atoms with van der Waals surface area (Å²) >= 11 is 5.93. The summed E-state index contributed by atoms with van der Waals surface area (Å²) in [5, 5.41) is 7.73. The molecule has 6 aromatic carbocycles. The van der Waals surface area contributed by atoms with E-state index < -0.39 is 61.8 Å². The fourth-order valence-corrected chi connectivity index (χ4v) is 12.9. The minimum absolute atomic E-state index is 0.196. The normalized spacial score (nSPS) is 13.8. The number of hydrogen-bond acceptors (Lipinski definition) is 14. The van der Waals surface area contributed by atoms with Crippen molar-refractivity contribution in [3.8, 4) is 33.9 Å². The molecular weight excluding hydrogens is 1330 g/mol. The van der Waals surface area contributed by atoms with Crippen molar-refractivity contribution in [2.75, 3.05) is 49.3 Å². The Morgan fingerprint density at radius 3 is 1.61 bits per heavy atom. The van der Waals surface area contributed by atoms with E-state index in [2.05, 4.69) is 25.6 Å². The summed E-state index contributed by atoms with van der Waals surface area (Å²) in [5.41, 5.74) is 7.84. The lowest BCUT2D eigenvalue weighted by atomic mass is 9.77. The number of furan rings is 2. The number of rotatable bonds is 10. The quantitative estimate of drug-likeness (QED) is 0.0736. The van der Waals surface area contributed by atoms with Gasteiger partial charge in [0.25, 0.3) is 11.8 Å². The highest BCUT2D eigenvalue weighted by atomic mass is 35.5. The van der Waals surface area contributed by atoms with Crippen LogP contribution in [0.5, 0.6) is 0 Å². The summed E-state index contributed by atoms with van der Waals surface area (Å²) in [7, 11) is -2.49. The van der Waals surface area contributed by atoms with Gasteiger partial charge in [0, 0.05) is 84.0 Å². The van der Waals surface area contributed by atoms with Crippen molar-refractivity contribution in [3.63, 3.8) is 0 Å². The number of fused-ring (bicyclic) bond motifs is 12. The van der Waals surface area contributed by atoms with Gasteiger partial charge in [0.15, 0.2) is 0 Å². The van der Waals surface area contributed by atoms with Crippen molar-refractivity contribution in [2.45, 2.75) is 38.9 Å². The van der Waals surface area contributed by atoms with Crippen molar-refractivity contribution in [3.05, 3.63) is 198 Å². The SMILES string of the molecule is CNC(=O)c1c(-c2ccc(F)cc2)oc2cc(N(C)S(C)(=O)=O)c(-c3ccc4ncn5c6cccc(F)c6cc5c4n3)cc12.CNC(=O)c1c(-c2ccc(F)cc2)oc2cc(N(C)S(C)(=O)=O)c(B3OC(C)(C)C(C)(C)O3)cc12.Fc1ccc2c(c1)cc1c3nc(Cl)ccc3ncn21. The number of carbonyl (C=O) groups is 2. The number of sulfonamides is 2. The third-order valence-corrected chi connectivity index (χ3v) is 20.3. The molecule has 1 aliphatic rings. The lowest BCUT2D eigenvalue weighted by molar-refractivity contribution is 0.00578. The Morgan fingerprint density at radius 1 is 0.551 bits per heavy atom. The van der Waals surface area contributed by atoms with Gasteiger partial charge in [-0.3, -0.25) is 27.0 Å². The third-order valence-electron chi connectivity index (χ3n) is 17.7. The van der Waals surface area contributed by atoms with E-state index in [0.717, 1.165) is 43.1 Å². The topological polar surface area (TPSA) is 238 Å². The Hall–Kier alpha value is -10.4. The summed E-state index contributed by atoms with van der Waals surface area (Å²) in [6.07, 6.45) is 5.49. The van der Waals surface area contributed by atoms with E-state index in [-0.39, 0.29) is 51.1 Å². The number of anilines is 2. The summed E-state index contributed by atoms with van der Waals surface area (Å²) in [6.45, 7) is 7.58. The van der Waals surface area contributed by atoms with E-state index in [9.17, 15) is 44.0 Å². The van der Waals surface area contributed by atoms with Gasteiger partial charge in [-0.2, -0.15) is 0 Å². The molecule has 1 aliphatic heterocycles. The third kappa shape index (κ3) is 11.8. The molecule has 20 nitrogen and oxygen atoms in total. The second-order valence-corrected chi connectivity index (χ2v) is 28.8. The molecule has 0 aliphatic carbocycles. The molecule has 0 unspecified atom stereocenters. The fourth-order valence-electron chi connectivity index (χ4n) is 11.7. The van der Waals surface area contributed by atoms with Crippen molar-refractivity contribution in [2.24, 2.45) is 0 Å². The van der Waals surface area contributed by atoms with Gasteiger partial charge in [0.05, 0.1) is 85.0 Å². The molecule has 2 N–H and O–H groups in total. The maximum atomic E-state index is 14.7. The van der Waals surface area contributed by atoms with Crippen LogP contribution in [0.15, 0.2) is 167 Å². The highest BCUT2D eigenvalue weighted by Crippen LogP contribution is 2.44. The van der Waals surface area contributed by atoms with Crippen molar-refractivity contribution in [1.82, 2.24) is 39.4 Å². The lowest BCUT2D eigenvalue weighted by Gasteiger charge is -2.32. The first kappa shape index (κ1) is 66.2. The molecule has 9 heterocycles. The molecule has 14 aromatic rings. The van der Waals surface area contributed by atoms with Crippen LogP contribution in [-0.4, -0.2) is 116 Å². The van der Waals surface area contributed by atoms with Gasteiger partial charge in [-0.1, -0.05) is 17.7 Å². The van der Waals surface area contributed by atoms with Crippen molar-refractivity contribution >= 4 is 144 Å². The zero-order valence-electron chi connectivity index (χ0n) is 54.0. The number of halogens is 5. The average molecular weight is 1390 g/mol. The van der Waals surface area contributed by atoms with Gasteiger partial charge >= 0.3 is 7.12 Å². The number of nitrogens with zero attached hydrogens (tertiary/aromatic N) is 8. The van der Waals surface area contributed by atoms with Gasteiger partial charge in [-0.15, -0.1) is 0 Å². The molecule has 0 atom stereocenters. The first-order chi connectivity index (χ1) is 46.4. The molecule has 2 amide bonds. The smallest absolute Gasteiger partial charge is 0.455 e. The van der Waals surface area contributed by atoms with Gasteiger partial charge in [0.2, 0.25) is 20.0 Å². The van der Waals surface area contributed by atoms with Gasteiger partial charge in [-0.05, 0) is 155 Å². The largest absolute Gasteiger partial charge is 0.497 e. The summed E-state index contributed by atoms with van der Waals surface area (Å²) < 4.78 is 136. The second-order valence-electron chi connectivity index (χ2n) is 24.3. The van der Waals surface area contributed by atoms with Gasteiger partial charge < -0.3 is 28.8 Å². The first-order valence-corrected chi connectivity index (χ1v) is 34.3. The molecule has 0 spiro atoms. The van der Waals surface area contributed by atoms with Crippen LogP contribution in [0.2, 0.25) is 5.15 Å². The molecule has 1 saturated heterocycles. The zero-order chi connectivity index (χ0) is 69.8. The molecule has 0 bridgehead atoms. The van der Waals surface area contributed by atoms with Crippen LogP contribution < -0.4 is 24.7 Å². The molecule has 498 valence electrons. The lowest BCUT2D eigenvalue weighted by Crippen LogP contribution is -2.41. The van der Waals surface area contributed by atoms with E-state index in [1.807, 2.05) is 44.2 Å². The Morgan fingerprint density at radius 2 is 1.05 bits per heavy atom. The van der Waals surface area contributed by atoms with Crippen LogP contribution in [-0.2, 0) is 29.4 Å². The molecular formula is C70H58BClF4N10O10S2. The number of pyridine rings is 2. The van der Waals surface area contributed by atoms with Crippen LogP contribution >= 0.6 is 11.6 Å². The van der Waals surface area contributed by atoms with E-state index in [1.54, 1.807) is 77.7 Å². The Bertz CT molecular complexity index is 5860. The summed E-state index contributed by atoms with van der Waals surface area (Å²) in [4.78, 5) is 44.2. The molecule has 28 heteroatoms. The molecule has 1 fully saturated rings.